The van der Waals surface area contributed by atoms with Gasteiger partial charge in [0.25, 0.3) is 5.91 Å². The van der Waals surface area contributed by atoms with E-state index >= 15 is 0 Å². The van der Waals surface area contributed by atoms with Crippen LogP contribution in [0.5, 0.6) is 11.5 Å². The van der Waals surface area contributed by atoms with Crippen molar-refractivity contribution >= 4 is 23.2 Å². The van der Waals surface area contributed by atoms with Gasteiger partial charge in [-0.15, -0.1) is 11.3 Å². The largest absolute Gasteiger partial charge is 0.493 e. The Bertz CT molecular complexity index is 1130. The quantitative estimate of drug-likeness (QED) is 0.372. The van der Waals surface area contributed by atoms with Crippen LogP contribution in [0.3, 0.4) is 0 Å². The number of carbonyl (C=O) groups is 2. The monoisotopic (exact) mass is 498 g/mol. The van der Waals surface area contributed by atoms with Crippen molar-refractivity contribution in [2.75, 3.05) is 27.3 Å². The van der Waals surface area contributed by atoms with E-state index in [1.54, 1.807) is 36.5 Å². The van der Waals surface area contributed by atoms with Gasteiger partial charge in [0.2, 0.25) is 5.91 Å². The molecule has 3 aromatic rings. The van der Waals surface area contributed by atoms with Gasteiger partial charge >= 0.3 is 0 Å². The Labute approximate surface area is 209 Å². The number of benzene rings is 2. The normalized spacial score (nSPS) is 10.8. The van der Waals surface area contributed by atoms with E-state index in [1.165, 1.54) is 23.1 Å². The van der Waals surface area contributed by atoms with Crippen LogP contribution in [-0.2, 0) is 17.8 Å². The van der Waals surface area contributed by atoms with Crippen molar-refractivity contribution in [3.8, 4) is 11.5 Å². The Kier molecular flexibility index (Phi) is 9.25. The second kappa shape index (κ2) is 12.4. The third-order valence-electron chi connectivity index (χ3n) is 5.69. The van der Waals surface area contributed by atoms with Crippen molar-refractivity contribution in [1.82, 2.24) is 9.80 Å². The summed E-state index contributed by atoms with van der Waals surface area (Å²) in [6, 6.07) is 15.2. The third-order valence-corrected chi connectivity index (χ3v) is 6.55. The van der Waals surface area contributed by atoms with Crippen molar-refractivity contribution in [1.29, 1.82) is 0 Å². The molecule has 0 atom stereocenters. The minimum absolute atomic E-state index is 0.0378. The van der Waals surface area contributed by atoms with Crippen molar-refractivity contribution in [3.05, 3.63) is 81.8 Å². The summed E-state index contributed by atoms with van der Waals surface area (Å²) >= 11 is 1.57. The van der Waals surface area contributed by atoms with Gasteiger partial charge in [-0.1, -0.05) is 24.3 Å². The lowest BCUT2D eigenvalue weighted by Gasteiger charge is -2.30. The van der Waals surface area contributed by atoms with Gasteiger partial charge < -0.3 is 19.3 Å². The smallest absolute Gasteiger partial charge is 0.257 e. The van der Waals surface area contributed by atoms with Crippen LogP contribution in [0.25, 0.3) is 0 Å². The van der Waals surface area contributed by atoms with Crippen LogP contribution in [0, 0.1) is 5.82 Å². The average molecular weight is 499 g/mol. The molecule has 0 unspecified atom stereocenters. The van der Waals surface area contributed by atoms with Gasteiger partial charge in [0.15, 0.2) is 11.5 Å². The van der Waals surface area contributed by atoms with Crippen molar-refractivity contribution < 1.29 is 23.5 Å². The molecule has 0 aliphatic rings. The number of carbonyl (C=O) groups excluding carboxylic acids is 2. The second-order valence-corrected chi connectivity index (χ2v) is 9.37. The number of methoxy groups -OCH3 is 2. The Hall–Kier alpha value is -3.39. The fraction of sp³-hybridized carbons (Fsp3) is 0.333. The molecule has 2 aromatic carbocycles. The molecule has 35 heavy (non-hydrogen) atoms. The third kappa shape index (κ3) is 6.82. The lowest BCUT2D eigenvalue weighted by molar-refractivity contribution is -0.132. The summed E-state index contributed by atoms with van der Waals surface area (Å²) in [6.07, 6.45) is 0.598. The molecule has 0 bridgehead atoms. The number of hydrogen-bond donors (Lipinski definition) is 0. The number of hydrogen-bond acceptors (Lipinski definition) is 5. The predicted octanol–water partition coefficient (Wildman–Crippen LogP) is 5.03. The molecule has 0 aliphatic carbocycles. The van der Waals surface area contributed by atoms with Crippen molar-refractivity contribution in [2.45, 2.75) is 32.9 Å². The molecule has 0 spiro atoms. The zero-order chi connectivity index (χ0) is 25.4. The van der Waals surface area contributed by atoms with Gasteiger partial charge in [-0.3, -0.25) is 9.59 Å². The number of thiophene rings is 1. The topological polar surface area (TPSA) is 59.1 Å². The average Bonchev–Trinajstić information content (AvgIpc) is 3.37. The molecule has 0 aliphatic heterocycles. The standard InChI is InChI=1S/C27H31FN2O4S/c1-19(2)30(27(32)22-9-5-6-10-23(22)28)18-26(31)29(17-21-8-7-15-35-21)14-13-20-11-12-24(33-3)25(16-20)34-4/h5-12,15-16,19H,13-14,17-18H2,1-4H3. The van der Waals surface area contributed by atoms with E-state index < -0.39 is 11.7 Å². The Morgan fingerprint density at radius 1 is 1.00 bits per heavy atom. The van der Waals surface area contributed by atoms with Crippen LogP contribution in [0.1, 0.15) is 34.6 Å². The first-order valence-corrected chi connectivity index (χ1v) is 12.3. The maximum Gasteiger partial charge on any atom is 0.257 e. The number of halogens is 1. The Morgan fingerprint density at radius 2 is 1.74 bits per heavy atom. The highest BCUT2D eigenvalue weighted by molar-refractivity contribution is 7.09. The van der Waals surface area contributed by atoms with Crippen molar-refractivity contribution in [3.63, 3.8) is 0 Å². The van der Waals surface area contributed by atoms with Gasteiger partial charge in [-0.25, -0.2) is 4.39 Å². The molecule has 2 amide bonds. The Balaban J connectivity index is 1.78. The molecule has 0 saturated heterocycles. The maximum absolute atomic E-state index is 14.3. The lowest BCUT2D eigenvalue weighted by Crippen LogP contribution is -2.46. The number of amides is 2. The van der Waals surface area contributed by atoms with E-state index in [2.05, 4.69) is 0 Å². The molecular weight excluding hydrogens is 467 g/mol. The van der Waals surface area contributed by atoms with Crippen LogP contribution >= 0.6 is 11.3 Å². The van der Waals surface area contributed by atoms with Gasteiger partial charge in [-0.2, -0.15) is 0 Å². The number of nitrogens with zero attached hydrogens (tertiary/aromatic N) is 2. The lowest BCUT2D eigenvalue weighted by atomic mass is 10.1. The fourth-order valence-corrected chi connectivity index (χ4v) is 4.43. The molecule has 6 nitrogen and oxygen atoms in total. The highest BCUT2D eigenvalue weighted by atomic mass is 32.1. The summed E-state index contributed by atoms with van der Waals surface area (Å²) in [5, 5.41) is 1.97. The van der Waals surface area contributed by atoms with Crippen LogP contribution in [0.2, 0.25) is 0 Å². The minimum Gasteiger partial charge on any atom is -0.493 e. The zero-order valence-corrected chi connectivity index (χ0v) is 21.3. The van der Waals surface area contributed by atoms with E-state index in [4.69, 9.17) is 9.47 Å². The van der Waals surface area contributed by atoms with E-state index in [9.17, 15) is 14.0 Å². The van der Waals surface area contributed by atoms with E-state index in [0.29, 0.717) is 31.0 Å². The summed E-state index contributed by atoms with van der Waals surface area (Å²) in [7, 11) is 3.17. The molecule has 1 aromatic heterocycles. The Morgan fingerprint density at radius 3 is 2.37 bits per heavy atom. The maximum atomic E-state index is 14.3. The first kappa shape index (κ1) is 26.2. The van der Waals surface area contributed by atoms with Gasteiger partial charge in [-0.05, 0) is 61.5 Å². The first-order valence-electron chi connectivity index (χ1n) is 11.4. The summed E-state index contributed by atoms with van der Waals surface area (Å²) in [6.45, 7) is 4.39. The van der Waals surface area contributed by atoms with E-state index in [0.717, 1.165) is 10.4 Å². The molecule has 186 valence electrons. The molecule has 0 fully saturated rings. The number of rotatable bonds is 11. The predicted molar refractivity (Wildman–Crippen MR) is 136 cm³/mol. The molecule has 1 heterocycles. The van der Waals surface area contributed by atoms with Gasteiger partial charge in [0.1, 0.15) is 12.4 Å². The van der Waals surface area contributed by atoms with E-state index in [-0.39, 0.29) is 24.1 Å². The minimum atomic E-state index is -0.598. The highest BCUT2D eigenvalue weighted by Crippen LogP contribution is 2.28. The molecular formula is C27H31FN2O4S. The molecule has 0 N–H and O–H groups in total. The highest BCUT2D eigenvalue weighted by Gasteiger charge is 2.26. The molecule has 0 radical (unpaired) electrons. The fourth-order valence-electron chi connectivity index (χ4n) is 3.71. The summed E-state index contributed by atoms with van der Waals surface area (Å²) < 4.78 is 25.0. The van der Waals surface area contributed by atoms with Crippen molar-refractivity contribution in [2.24, 2.45) is 0 Å². The SMILES string of the molecule is COc1ccc(CCN(Cc2cccs2)C(=O)CN(C(=O)c2ccccc2F)C(C)C)cc1OC. The van der Waals surface area contributed by atoms with Crippen LogP contribution in [0.4, 0.5) is 4.39 Å². The molecule has 0 saturated carbocycles. The molecule has 8 heteroatoms. The van der Waals surface area contributed by atoms with Crippen LogP contribution in [-0.4, -0.2) is 55.0 Å². The first-order chi connectivity index (χ1) is 16.8. The van der Waals surface area contributed by atoms with Crippen LogP contribution in [0.15, 0.2) is 60.0 Å². The van der Waals surface area contributed by atoms with Gasteiger partial charge in [0.05, 0.1) is 26.3 Å². The molecule has 3 rings (SSSR count). The number of ether oxygens (including phenoxy) is 2. The van der Waals surface area contributed by atoms with Crippen LogP contribution < -0.4 is 9.47 Å². The summed E-state index contributed by atoms with van der Waals surface area (Å²) in [5.41, 5.74) is 0.957. The van der Waals surface area contributed by atoms with Gasteiger partial charge in [0, 0.05) is 17.5 Å². The summed E-state index contributed by atoms with van der Waals surface area (Å²) in [4.78, 5) is 30.7. The zero-order valence-electron chi connectivity index (χ0n) is 20.5. The summed E-state index contributed by atoms with van der Waals surface area (Å²) in [5.74, 6) is -0.0243. The van der Waals surface area contributed by atoms with E-state index in [1.807, 2.05) is 49.6 Å². The second-order valence-electron chi connectivity index (χ2n) is 8.34.